The lowest BCUT2D eigenvalue weighted by molar-refractivity contribution is 0.157. The Labute approximate surface area is 128 Å². The molecule has 1 fully saturated rings. The fourth-order valence-corrected chi connectivity index (χ4v) is 3.25. The van der Waals surface area contributed by atoms with Gasteiger partial charge in [-0.3, -0.25) is 4.90 Å². The normalized spacial score (nSPS) is 20.1. The summed E-state index contributed by atoms with van der Waals surface area (Å²) in [5.41, 5.74) is 1.77. The quantitative estimate of drug-likeness (QED) is 0.799. The highest BCUT2D eigenvalue weighted by Crippen LogP contribution is 2.40. The predicted octanol–water partition coefficient (Wildman–Crippen LogP) is 4.70. The summed E-state index contributed by atoms with van der Waals surface area (Å²) in [6, 6.07) is 8.13. The van der Waals surface area contributed by atoms with Crippen LogP contribution >= 0.6 is 15.9 Å². The first-order valence-corrected chi connectivity index (χ1v) is 7.64. The van der Waals surface area contributed by atoms with E-state index < -0.39 is 5.54 Å². The van der Waals surface area contributed by atoms with Crippen molar-refractivity contribution in [2.45, 2.75) is 39.7 Å². The summed E-state index contributed by atoms with van der Waals surface area (Å²) in [5, 5.41) is 0. The third kappa shape index (κ3) is 2.62. The Morgan fingerprint density at radius 3 is 2.70 bits per heavy atom. The largest absolute Gasteiger partial charge is 0.415 e. The molecule has 3 nitrogen and oxygen atoms in total. The lowest BCUT2D eigenvalue weighted by Gasteiger charge is -2.28. The molecule has 1 amide bonds. The summed E-state index contributed by atoms with van der Waals surface area (Å²) in [5.74, 6) is 0.682. The summed E-state index contributed by atoms with van der Waals surface area (Å²) in [6.45, 7) is 8.83. The minimum Gasteiger partial charge on any atom is -0.411 e. The first-order valence-electron chi connectivity index (χ1n) is 6.84. The van der Waals surface area contributed by atoms with E-state index in [1.54, 1.807) is 4.90 Å². The molecule has 0 atom stereocenters. The lowest BCUT2D eigenvalue weighted by Crippen LogP contribution is -2.41. The third-order valence-corrected chi connectivity index (χ3v) is 4.38. The second-order valence-corrected chi connectivity index (χ2v) is 6.38. The number of rotatable bonds is 3. The highest BCUT2D eigenvalue weighted by Gasteiger charge is 2.45. The molecule has 1 aromatic carbocycles. The Hall–Kier alpha value is -1.29. The number of cyclic esters (lactones) is 1. The molecule has 0 radical (unpaired) electrons. The average Bonchev–Trinajstić information content (AvgIpc) is 2.61. The first-order chi connectivity index (χ1) is 9.37. The first kappa shape index (κ1) is 15.1. The number of nitrogens with zero attached hydrogens (tertiary/aromatic N) is 1. The third-order valence-electron chi connectivity index (χ3n) is 3.56. The maximum absolute atomic E-state index is 12.0. The van der Waals surface area contributed by atoms with Crippen LogP contribution in [0.4, 0.5) is 4.79 Å². The van der Waals surface area contributed by atoms with Crippen molar-refractivity contribution in [3.63, 3.8) is 0 Å². The number of aryl methyl sites for hydroxylation is 1. The van der Waals surface area contributed by atoms with E-state index >= 15 is 0 Å². The molecule has 1 aromatic rings. The Morgan fingerprint density at radius 2 is 2.10 bits per heavy atom. The molecule has 2 rings (SSSR count). The molecule has 0 bridgehead atoms. The van der Waals surface area contributed by atoms with Crippen LogP contribution in [0.15, 0.2) is 30.0 Å². The number of carbonyl (C=O) groups excluding carboxylic acids is 1. The topological polar surface area (TPSA) is 29.5 Å². The van der Waals surface area contributed by atoms with Crippen LogP contribution in [0.5, 0.6) is 0 Å². The number of benzene rings is 1. The predicted molar refractivity (Wildman–Crippen MR) is 84.6 cm³/mol. The van der Waals surface area contributed by atoms with E-state index in [0.717, 1.165) is 16.5 Å². The zero-order valence-corrected chi connectivity index (χ0v) is 14.0. The highest BCUT2D eigenvalue weighted by molar-refractivity contribution is 9.15. The number of ether oxygens (including phenoxy) is 1. The zero-order chi connectivity index (χ0) is 14.9. The smallest absolute Gasteiger partial charge is 0.411 e. The summed E-state index contributed by atoms with van der Waals surface area (Å²) < 4.78 is 6.36. The van der Waals surface area contributed by atoms with Crippen molar-refractivity contribution in [3.8, 4) is 0 Å². The number of hydrogen-bond donors (Lipinski definition) is 0. The van der Waals surface area contributed by atoms with Gasteiger partial charge in [-0.2, -0.15) is 0 Å². The van der Waals surface area contributed by atoms with Gasteiger partial charge in [-0.05, 0) is 48.7 Å². The van der Waals surface area contributed by atoms with Crippen molar-refractivity contribution in [2.24, 2.45) is 0 Å². The van der Waals surface area contributed by atoms with E-state index in [0.29, 0.717) is 12.3 Å². The molecular formula is C16H20BrNO2. The number of amides is 1. The molecule has 0 spiro atoms. The van der Waals surface area contributed by atoms with Crippen LogP contribution in [0.3, 0.4) is 0 Å². The Bertz CT molecular complexity index is 563. The lowest BCUT2D eigenvalue weighted by atomic mass is 9.99. The van der Waals surface area contributed by atoms with E-state index in [1.807, 2.05) is 39.0 Å². The van der Waals surface area contributed by atoms with Crippen LogP contribution < -0.4 is 0 Å². The summed E-state index contributed by atoms with van der Waals surface area (Å²) in [7, 11) is 0. The van der Waals surface area contributed by atoms with Crippen molar-refractivity contribution in [1.29, 1.82) is 0 Å². The van der Waals surface area contributed by atoms with E-state index in [-0.39, 0.29) is 6.09 Å². The molecule has 0 aromatic heterocycles. The number of hydrogen-bond acceptors (Lipinski definition) is 2. The molecule has 1 saturated heterocycles. The fraction of sp³-hybridized carbons (Fsp3) is 0.438. The molecule has 4 heteroatoms. The van der Waals surface area contributed by atoms with Gasteiger partial charge in [0.05, 0.1) is 10.0 Å². The van der Waals surface area contributed by atoms with Gasteiger partial charge in [0.15, 0.2) is 0 Å². The molecule has 20 heavy (non-hydrogen) atoms. The van der Waals surface area contributed by atoms with Gasteiger partial charge in [-0.15, -0.1) is 0 Å². The zero-order valence-electron chi connectivity index (χ0n) is 12.4. The van der Waals surface area contributed by atoms with Crippen molar-refractivity contribution < 1.29 is 9.53 Å². The van der Waals surface area contributed by atoms with E-state index in [9.17, 15) is 4.79 Å². The van der Waals surface area contributed by atoms with Gasteiger partial charge in [-0.1, -0.05) is 36.8 Å². The Balaban J connectivity index is 2.46. The minimum atomic E-state index is -0.435. The maximum Gasteiger partial charge on any atom is 0.415 e. The van der Waals surface area contributed by atoms with Crippen molar-refractivity contribution in [3.05, 3.63) is 41.2 Å². The number of halogens is 1. The van der Waals surface area contributed by atoms with Gasteiger partial charge >= 0.3 is 6.09 Å². The molecule has 0 saturated carbocycles. The molecule has 1 aliphatic heterocycles. The molecule has 1 heterocycles. The standard InChI is InChI=1S/C16H20BrNO2/c1-5-9-18-15(19)20-14(16(18,3)4)13(17)12-8-6-7-11(2)10-12/h6-8,10H,5,9H2,1-4H3/b14-13+. The van der Waals surface area contributed by atoms with E-state index in [1.165, 1.54) is 5.56 Å². The van der Waals surface area contributed by atoms with Gasteiger partial charge < -0.3 is 4.74 Å². The summed E-state index contributed by atoms with van der Waals surface area (Å²) in [6.07, 6.45) is 0.643. The molecule has 1 aliphatic rings. The SMILES string of the molecule is CCCN1C(=O)O/C(=C(/Br)c2cccc(C)c2)C1(C)C. The van der Waals surface area contributed by atoms with Gasteiger partial charge in [0.1, 0.15) is 5.76 Å². The molecule has 0 aliphatic carbocycles. The van der Waals surface area contributed by atoms with Gasteiger partial charge in [0, 0.05) is 6.54 Å². The minimum absolute atomic E-state index is 0.267. The molecule has 108 valence electrons. The highest BCUT2D eigenvalue weighted by atomic mass is 79.9. The van der Waals surface area contributed by atoms with Crippen LogP contribution in [0.2, 0.25) is 0 Å². The Kier molecular flexibility index (Phi) is 4.23. The molecular weight excluding hydrogens is 318 g/mol. The monoisotopic (exact) mass is 337 g/mol. The van der Waals surface area contributed by atoms with Crippen LogP contribution in [0.25, 0.3) is 4.48 Å². The van der Waals surface area contributed by atoms with Crippen LogP contribution in [0.1, 0.15) is 38.3 Å². The fourth-order valence-electron chi connectivity index (χ4n) is 2.44. The second kappa shape index (κ2) is 5.60. The molecule has 0 N–H and O–H groups in total. The van der Waals surface area contributed by atoms with Gasteiger partial charge in [0.2, 0.25) is 0 Å². The number of carbonyl (C=O) groups is 1. The Morgan fingerprint density at radius 1 is 1.40 bits per heavy atom. The maximum atomic E-state index is 12.0. The average molecular weight is 338 g/mol. The molecule has 0 unspecified atom stereocenters. The van der Waals surface area contributed by atoms with Gasteiger partial charge in [0.25, 0.3) is 0 Å². The van der Waals surface area contributed by atoms with E-state index in [2.05, 4.69) is 28.9 Å². The van der Waals surface area contributed by atoms with Crippen molar-refractivity contribution in [1.82, 2.24) is 4.90 Å². The second-order valence-electron chi connectivity index (χ2n) is 5.59. The van der Waals surface area contributed by atoms with E-state index in [4.69, 9.17) is 4.74 Å². The summed E-state index contributed by atoms with van der Waals surface area (Å²) >= 11 is 3.60. The van der Waals surface area contributed by atoms with Crippen LogP contribution in [0, 0.1) is 6.92 Å². The van der Waals surface area contributed by atoms with Gasteiger partial charge in [-0.25, -0.2) is 4.79 Å². The van der Waals surface area contributed by atoms with Crippen molar-refractivity contribution in [2.75, 3.05) is 6.54 Å². The van der Waals surface area contributed by atoms with Crippen molar-refractivity contribution >= 4 is 26.5 Å². The van der Waals surface area contributed by atoms with Crippen LogP contribution in [-0.2, 0) is 4.74 Å². The summed E-state index contributed by atoms with van der Waals surface area (Å²) in [4.78, 5) is 13.8. The van der Waals surface area contributed by atoms with Crippen LogP contribution in [-0.4, -0.2) is 23.1 Å².